The highest BCUT2D eigenvalue weighted by molar-refractivity contribution is 7.84. The number of hydrazine groups is 1. The Bertz CT molecular complexity index is 562. The van der Waals surface area contributed by atoms with Gasteiger partial charge in [0.15, 0.2) is 0 Å². The van der Waals surface area contributed by atoms with Crippen LogP contribution in [-0.2, 0) is 10.8 Å². The van der Waals surface area contributed by atoms with Gasteiger partial charge in [0.1, 0.15) is 5.69 Å². The minimum absolute atomic E-state index is 0.138. The van der Waals surface area contributed by atoms with Crippen LogP contribution >= 0.6 is 0 Å². The molecule has 0 aromatic heterocycles. The molecular formula is C11H16N4O4S. The zero-order chi connectivity index (χ0) is 15.3. The third-order valence-electron chi connectivity index (χ3n) is 2.61. The Morgan fingerprint density at radius 1 is 1.50 bits per heavy atom. The molecule has 0 fully saturated rings. The molecule has 0 radical (unpaired) electrons. The molecule has 1 unspecified atom stereocenters. The fraction of sp³-hybridized carbons (Fsp3) is 0.364. The first-order valence-corrected chi connectivity index (χ1v) is 7.43. The summed E-state index contributed by atoms with van der Waals surface area (Å²) in [6, 6.07) is 2.60. The molecule has 1 amide bonds. The van der Waals surface area contributed by atoms with Crippen LogP contribution in [-0.4, -0.2) is 33.6 Å². The number of nitro groups is 1. The average molecular weight is 300 g/mol. The molecular weight excluding hydrogens is 284 g/mol. The van der Waals surface area contributed by atoms with E-state index in [2.05, 4.69) is 10.7 Å². The molecule has 0 saturated heterocycles. The van der Waals surface area contributed by atoms with Crippen molar-refractivity contribution >= 4 is 28.1 Å². The molecule has 8 nitrogen and oxygen atoms in total. The van der Waals surface area contributed by atoms with E-state index < -0.39 is 21.6 Å². The minimum atomic E-state index is -1.01. The topological polar surface area (TPSA) is 127 Å². The molecule has 0 aliphatic carbocycles. The summed E-state index contributed by atoms with van der Waals surface area (Å²) in [4.78, 5) is 22.2. The second-order valence-electron chi connectivity index (χ2n) is 4.12. The molecule has 0 saturated carbocycles. The second kappa shape index (κ2) is 6.96. The van der Waals surface area contributed by atoms with E-state index in [0.29, 0.717) is 11.3 Å². The minimum Gasteiger partial charge on any atom is -0.351 e. The Labute approximate surface area is 118 Å². The summed E-state index contributed by atoms with van der Waals surface area (Å²) < 4.78 is 10.9. The van der Waals surface area contributed by atoms with Gasteiger partial charge in [0.2, 0.25) is 0 Å². The standard InChI is InChI=1S/C11H16N4O4S/c1-7-5-9(14-12)10(15(17)18)6-8(7)11(16)13-3-4-20(2)19/h5-6,14H,3-4,12H2,1-2H3,(H,13,16). The SMILES string of the molecule is Cc1cc(NN)c([N+](=O)[O-])cc1C(=O)NCCS(C)=O. The molecule has 1 aromatic carbocycles. The van der Waals surface area contributed by atoms with Crippen LogP contribution in [0.3, 0.4) is 0 Å². The largest absolute Gasteiger partial charge is 0.351 e. The molecule has 0 heterocycles. The maximum atomic E-state index is 11.9. The maximum absolute atomic E-state index is 11.9. The molecule has 0 aliphatic rings. The quantitative estimate of drug-likeness (QED) is 0.394. The number of aryl methyl sites for hydroxylation is 1. The van der Waals surface area contributed by atoms with Gasteiger partial charge in [-0.15, -0.1) is 0 Å². The van der Waals surface area contributed by atoms with Gasteiger partial charge in [-0.25, -0.2) is 0 Å². The number of rotatable bonds is 6. The number of benzene rings is 1. The Hall–Kier alpha value is -2.00. The number of hydrogen-bond acceptors (Lipinski definition) is 6. The fourth-order valence-electron chi connectivity index (χ4n) is 1.61. The molecule has 0 aliphatic heterocycles. The lowest BCUT2D eigenvalue weighted by molar-refractivity contribution is -0.384. The van der Waals surface area contributed by atoms with E-state index in [9.17, 15) is 19.1 Å². The van der Waals surface area contributed by atoms with E-state index >= 15 is 0 Å². The Morgan fingerprint density at radius 2 is 2.15 bits per heavy atom. The highest BCUT2D eigenvalue weighted by Gasteiger charge is 2.19. The predicted molar refractivity (Wildman–Crippen MR) is 76.9 cm³/mol. The molecule has 20 heavy (non-hydrogen) atoms. The first-order chi connectivity index (χ1) is 9.36. The van der Waals surface area contributed by atoms with Gasteiger partial charge in [-0.1, -0.05) is 0 Å². The summed E-state index contributed by atoms with van der Waals surface area (Å²) in [6.45, 7) is 1.89. The number of hydrogen-bond donors (Lipinski definition) is 3. The van der Waals surface area contributed by atoms with Crippen molar-refractivity contribution in [3.05, 3.63) is 33.4 Å². The zero-order valence-electron chi connectivity index (χ0n) is 11.1. The summed E-state index contributed by atoms with van der Waals surface area (Å²) in [7, 11) is -1.01. The van der Waals surface area contributed by atoms with Crippen LogP contribution in [0.25, 0.3) is 0 Å². The fourth-order valence-corrected chi connectivity index (χ4v) is 2.00. The highest BCUT2D eigenvalue weighted by atomic mass is 32.2. The number of nitro benzene ring substituents is 1. The summed E-state index contributed by atoms with van der Waals surface area (Å²) in [5.41, 5.74) is 2.84. The van der Waals surface area contributed by atoms with Crippen molar-refractivity contribution in [2.75, 3.05) is 24.0 Å². The monoisotopic (exact) mass is 300 g/mol. The number of nitrogens with zero attached hydrogens (tertiary/aromatic N) is 1. The predicted octanol–water partition coefficient (Wildman–Crippen LogP) is 0.297. The molecule has 1 rings (SSSR count). The van der Waals surface area contributed by atoms with Crippen LogP contribution in [0.2, 0.25) is 0 Å². The van der Waals surface area contributed by atoms with E-state index in [1.807, 2.05) is 0 Å². The van der Waals surface area contributed by atoms with Crippen LogP contribution in [0.15, 0.2) is 12.1 Å². The van der Waals surface area contributed by atoms with Gasteiger partial charge in [-0.05, 0) is 18.6 Å². The number of nitrogens with one attached hydrogen (secondary N) is 2. The van der Waals surface area contributed by atoms with E-state index in [1.54, 1.807) is 6.92 Å². The van der Waals surface area contributed by atoms with Crippen molar-refractivity contribution in [1.82, 2.24) is 5.32 Å². The summed E-state index contributed by atoms with van der Waals surface area (Å²) in [5.74, 6) is 5.09. The Morgan fingerprint density at radius 3 is 2.65 bits per heavy atom. The van der Waals surface area contributed by atoms with E-state index in [-0.39, 0.29) is 23.5 Å². The van der Waals surface area contributed by atoms with Crippen LogP contribution in [0.5, 0.6) is 0 Å². The van der Waals surface area contributed by atoms with Crippen molar-refractivity contribution in [2.45, 2.75) is 6.92 Å². The van der Waals surface area contributed by atoms with Gasteiger partial charge in [-0.2, -0.15) is 0 Å². The van der Waals surface area contributed by atoms with Crippen LogP contribution in [0.1, 0.15) is 15.9 Å². The zero-order valence-corrected chi connectivity index (χ0v) is 12.0. The number of anilines is 1. The summed E-state index contributed by atoms with van der Waals surface area (Å²) in [5, 5.41) is 13.5. The molecule has 1 atom stereocenters. The summed E-state index contributed by atoms with van der Waals surface area (Å²) in [6.07, 6.45) is 1.53. The van der Waals surface area contributed by atoms with Crippen LogP contribution in [0, 0.1) is 17.0 Å². The number of nitrogen functional groups attached to an aromatic ring is 1. The van der Waals surface area contributed by atoms with Crippen molar-refractivity contribution in [3.8, 4) is 0 Å². The van der Waals surface area contributed by atoms with Gasteiger partial charge >= 0.3 is 0 Å². The van der Waals surface area contributed by atoms with Crippen molar-refractivity contribution in [1.29, 1.82) is 0 Å². The van der Waals surface area contributed by atoms with Gasteiger partial charge in [-0.3, -0.25) is 25.0 Å². The van der Waals surface area contributed by atoms with Gasteiger partial charge < -0.3 is 10.7 Å². The maximum Gasteiger partial charge on any atom is 0.294 e. The number of amides is 1. The second-order valence-corrected chi connectivity index (χ2v) is 5.67. The molecule has 0 spiro atoms. The third kappa shape index (κ3) is 4.00. The van der Waals surface area contributed by atoms with Gasteiger partial charge in [0.05, 0.1) is 4.92 Å². The van der Waals surface area contributed by atoms with Crippen molar-refractivity contribution in [3.63, 3.8) is 0 Å². The van der Waals surface area contributed by atoms with E-state index in [0.717, 1.165) is 0 Å². The number of carbonyl (C=O) groups is 1. The Balaban J connectivity index is 3.00. The lowest BCUT2D eigenvalue weighted by Gasteiger charge is -2.09. The molecule has 0 bridgehead atoms. The Kier molecular flexibility index (Phi) is 5.59. The van der Waals surface area contributed by atoms with E-state index in [1.165, 1.54) is 18.4 Å². The lowest BCUT2D eigenvalue weighted by atomic mass is 10.1. The lowest BCUT2D eigenvalue weighted by Crippen LogP contribution is -2.28. The molecule has 110 valence electrons. The normalized spacial score (nSPS) is 11.8. The first-order valence-electron chi connectivity index (χ1n) is 5.70. The number of nitrogens with two attached hydrogens (primary N) is 1. The first kappa shape index (κ1) is 16.1. The molecule has 9 heteroatoms. The molecule has 1 aromatic rings. The van der Waals surface area contributed by atoms with Crippen molar-refractivity contribution < 1.29 is 13.9 Å². The average Bonchev–Trinajstić information content (AvgIpc) is 2.37. The van der Waals surface area contributed by atoms with E-state index in [4.69, 9.17) is 5.84 Å². The van der Waals surface area contributed by atoms with Gasteiger partial charge in [0, 0.05) is 41.0 Å². The highest BCUT2D eigenvalue weighted by Crippen LogP contribution is 2.27. The van der Waals surface area contributed by atoms with Crippen LogP contribution < -0.4 is 16.6 Å². The van der Waals surface area contributed by atoms with Crippen molar-refractivity contribution in [2.24, 2.45) is 5.84 Å². The number of carbonyl (C=O) groups excluding carboxylic acids is 1. The summed E-state index contributed by atoms with van der Waals surface area (Å²) >= 11 is 0. The van der Waals surface area contributed by atoms with Gasteiger partial charge in [0.25, 0.3) is 11.6 Å². The van der Waals surface area contributed by atoms with Crippen LogP contribution in [0.4, 0.5) is 11.4 Å². The third-order valence-corrected chi connectivity index (χ3v) is 3.39. The molecule has 4 N–H and O–H groups in total. The smallest absolute Gasteiger partial charge is 0.294 e.